The molecule has 2 aliphatic rings. The Morgan fingerprint density at radius 2 is 1.30 bits per heavy atom. The monoisotopic (exact) mass is 406 g/mol. The summed E-state index contributed by atoms with van der Waals surface area (Å²) in [5.74, 6) is 4.54. The molecule has 1 atom stereocenters. The molecule has 162 valence electrons. The second-order valence-electron chi connectivity index (χ2n) is 9.89. The first-order chi connectivity index (χ1) is 14.5. The second kappa shape index (κ2) is 9.32. The Kier molecular flexibility index (Phi) is 6.55. The van der Waals surface area contributed by atoms with Crippen molar-refractivity contribution in [1.29, 1.82) is 0 Å². The van der Waals surface area contributed by atoms with Gasteiger partial charge in [-0.3, -0.25) is 0 Å². The normalized spacial score (nSPS) is 28.1. The molecule has 2 saturated carbocycles. The summed E-state index contributed by atoms with van der Waals surface area (Å²) < 4.78 is 6.15. The smallest absolute Gasteiger partial charge is 0.121 e. The largest absolute Gasteiger partial charge is 0.486 e. The van der Waals surface area contributed by atoms with Gasteiger partial charge in [-0.25, -0.2) is 0 Å². The second-order valence-corrected chi connectivity index (χ2v) is 9.89. The van der Waals surface area contributed by atoms with Crippen molar-refractivity contribution in [3.63, 3.8) is 0 Å². The summed E-state index contributed by atoms with van der Waals surface area (Å²) >= 11 is 0. The molecule has 0 bridgehead atoms. The molecule has 3 nitrogen and oxygen atoms in total. The molecule has 0 amide bonds. The molecule has 0 heterocycles. The van der Waals surface area contributed by atoms with Gasteiger partial charge in [0.15, 0.2) is 0 Å². The van der Waals surface area contributed by atoms with Gasteiger partial charge >= 0.3 is 0 Å². The fourth-order valence-electron chi connectivity index (χ4n) is 5.71. The zero-order valence-corrected chi connectivity index (χ0v) is 18.6. The lowest BCUT2D eigenvalue weighted by Crippen LogP contribution is -2.24. The first-order valence-electron chi connectivity index (χ1n) is 11.9. The zero-order valence-electron chi connectivity index (χ0n) is 18.6. The van der Waals surface area contributed by atoms with Crippen LogP contribution in [-0.4, -0.2) is 0 Å². The van der Waals surface area contributed by atoms with Crippen LogP contribution in [0.15, 0.2) is 42.5 Å². The van der Waals surface area contributed by atoms with Crippen molar-refractivity contribution in [2.45, 2.75) is 77.2 Å². The van der Waals surface area contributed by atoms with E-state index in [1.54, 1.807) is 6.07 Å². The van der Waals surface area contributed by atoms with Crippen LogP contribution < -0.4 is 16.2 Å². The molecule has 2 aromatic rings. The van der Waals surface area contributed by atoms with Crippen LogP contribution in [0.5, 0.6) is 5.75 Å². The molecule has 0 spiro atoms. The maximum Gasteiger partial charge on any atom is 0.121 e. The Hall–Kier alpha value is -2.16. The van der Waals surface area contributed by atoms with Crippen molar-refractivity contribution in [1.82, 2.24) is 0 Å². The number of nitrogens with two attached hydrogens (primary N) is 2. The number of anilines is 2. The number of hydrogen-bond donors (Lipinski definition) is 2. The lowest BCUT2D eigenvalue weighted by Gasteiger charge is -2.37. The fourth-order valence-corrected chi connectivity index (χ4v) is 5.71. The molecular weight excluding hydrogens is 368 g/mol. The van der Waals surface area contributed by atoms with E-state index in [4.69, 9.17) is 16.2 Å². The molecule has 2 aliphatic carbocycles. The van der Waals surface area contributed by atoms with E-state index >= 15 is 0 Å². The van der Waals surface area contributed by atoms with Gasteiger partial charge in [0.1, 0.15) is 11.9 Å². The van der Waals surface area contributed by atoms with Crippen LogP contribution in [0, 0.1) is 17.8 Å². The van der Waals surface area contributed by atoms with Gasteiger partial charge in [0.05, 0.1) is 0 Å². The standard InChI is InChI=1S/C27H38N2O/c1-18-3-5-20(6-4-18)21-7-9-22(10-8-21)23-11-13-27(14-12-23)30-19(2)24-15-25(28)17-26(29)16-24/h11-22H,3-10,28-29H2,1-2H3. The highest BCUT2D eigenvalue weighted by Crippen LogP contribution is 2.44. The van der Waals surface area contributed by atoms with Gasteiger partial charge in [0.25, 0.3) is 0 Å². The maximum absolute atomic E-state index is 6.15. The quantitative estimate of drug-likeness (QED) is 0.521. The van der Waals surface area contributed by atoms with Crippen LogP contribution >= 0.6 is 0 Å². The molecule has 4 rings (SSSR count). The van der Waals surface area contributed by atoms with Crippen molar-refractivity contribution in [3.05, 3.63) is 53.6 Å². The van der Waals surface area contributed by atoms with Crippen molar-refractivity contribution in [3.8, 4) is 5.75 Å². The highest BCUT2D eigenvalue weighted by molar-refractivity contribution is 5.54. The fraction of sp³-hybridized carbons (Fsp3) is 0.556. The molecule has 2 fully saturated rings. The summed E-state index contributed by atoms with van der Waals surface area (Å²) in [6, 6.07) is 14.4. The summed E-state index contributed by atoms with van der Waals surface area (Å²) in [7, 11) is 0. The van der Waals surface area contributed by atoms with Crippen LogP contribution in [0.2, 0.25) is 0 Å². The molecule has 0 radical (unpaired) electrons. The molecule has 3 heteroatoms. The van der Waals surface area contributed by atoms with Gasteiger partial charge in [-0.1, -0.05) is 31.9 Å². The van der Waals surface area contributed by atoms with Crippen LogP contribution in [0.3, 0.4) is 0 Å². The average molecular weight is 407 g/mol. The van der Waals surface area contributed by atoms with E-state index in [-0.39, 0.29) is 6.10 Å². The van der Waals surface area contributed by atoms with Crippen molar-refractivity contribution < 1.29 is 4.74 Å². The molecule has 30 heavy (non-hydrogen) atoms. The molecule has 0 aliphatic heterocycles. The first-order valence-corrected chi connectivity index (χ1v) is 11.9. The highest BCUT2D eigenvalue weighted by Gasteiger charge is 2.30. The lowest BCUT2D eigenvalue weighted by atomic mass is 9.68. The Balaban J connectivity index is 1.30. The van der Waals surface area contributed by atoms with Crippen LogP contribution in [0.25, 0.3) is 0 Å². The van der Waals surface area contributed by atoms with Crippen molar-refractivity contribution in [2.24, 2.45) is 17.8 Å². The molecule has 1 unspecified atom stereocenters. The predicted octanol–water partition coefficient (Wildman–Crippen LogP) is 7.09. The van der Waals surface area contributed by atoms with E-state index in [1.165, 1.54) is 56.9 Å². The third kappa shape index (κ3) is 5.11. The number of ether oxygens (including phenoxy) is 1. The molecular formula is C27H38N2O. The molecule has 0 saturated heterocycles. The summed E-state index contributed by atoms with van der Waals surface area (Å²) in [6.45, 7) is 4.46. The van der Waals surface area contributed by atoms with E-state index in [2.05, 4.69) is 31.2 Å². The number of hydrogen-bond acceptors (Lipinski definition) is 3. The minimum absolute atomic E-state index is 0.0877. The summed E-state index contributed by atoms with van der Waals surface area (Å²) in [6.07, 6.45) is 11.3. The minimum Gasteiger partial charge on any atom is -0.486 e. The summed E-state index contributed by atoms with van der Waals surface area (Å²) in [5, 5.41) is 0. The predicted molar refractivity (Wildman–Crippen MR) is 127 cm³/mol. The van der Waals surface area contributed by atoms with Crippen LogP contribution in [-0.2, 0) is 0 Å². The van der Waals surface area contributed by atoms with Gasteiger partial charge in [0, 0.05) is 11.4 Å². The maximum atomic E-state index is 6.15. The first kappa shape index (κ1) is 21.1. The zero-order chi connectivity index (χ0) is 21.1. The van der Waals surface area contributed by atoms with Crippen molar-refractivity contribution in [2.75, 3.05) is 11.5 Å². The Labute approximate surface area is 182 Å². The topological polar surface area (TPSA) is 61.3 Å². The van der Waals surface area contributed by atoms with E-state index in [1.807, 2.05) is 19.1 Å². The van der Waals surface area contributed by atoms with E-state index < -0.39 is 0 Å². The van der Waals surface area contributed by atoms with E-state index in [9.17, 15) is 0 Å². The van der Waals surface area contributed by atoms with Gasteiger partial charge in [-0.15, -0.1) is 0 Å². The van der Waals surface area contributed by atoms with Crippen LogP contribution in [0.4, 0.5) is 11.4 Å². The van der Waals surface area contributed by atoms with E-state index in [0.717, 1.165) is 29.1 Å². The van der Waals surface area contributed by atoms with Gasteiger partial charge in [0.2, 0.25) is 0 Å². The molecule has 2 aromatic carbocycles. The Morgan fingerprint density at radius 3 is 1.87 bits per heavy atom. The summed E-state index contributed by atoms with van der Waals surface area (Å²) in [5.41, 5.74) is 15.7. The molecule has 4 N–H and O–H groups in total. The number of benzene rings is 2. The van der Waals surface area contributed by atoms with Gasteiger partial charge in [-0.05, 0) is 111 Å². The number of nitrogen functional groups attached to an aromatic ring is 2. The number of rotatable bonds is 5. The lowest BCUT2D eigenvalue weighted by molar-refractivity contribution is 0.165. The third-order valence-corrected chi connectivity index (χ3v) is 7.63. The Morgan fingerprint density at radius 1 is 0.767 bits per heavy atom. The van der Waals surface area contributed by atoms with Gasteiger partial charge < -0.3 is 16.2 Å². The minimum atomic E-state index is -0.0877. The highest BCUT2D eigenvalue weighted by atomic mass is 16.5. The Bertz CT molecular complexity index is 795. The average Bonchev–Trinajstić information content (AvgIpc) is 2.74. The van der Waals surface area contributed by atoms with Crippen molar-refractivity contribution >= 4 is 11.4 Å². The van der Waals surface area contributed by atoms with E-state index in [0.29, 0.717) is 17.3 Å². The SMILES string of the molecule is CC1CCC(C2CCC(c3ccc(OC(C)c4cc(N)cc(N)c4)cc3)CC2)CC1. The third-order valence-electron chi connectivity index (χ3n) is 7.63. The van der Waals surface area contributed by atoms with Crippen LogP contribution in [0.1, 0.15) is 88.4 Å². The van der Waals surface area contributed by atoms with Gasteiger partial charge in [-0.2, -0.15) is 0 Å². The summed E-state index contributed by atoms with van der Waals surface area (Å²) in [4.78, 5) is 0. The molecule has 0 aromatic heterocycles.